The van der Waals surface area contributed by atoms with Crippen LogP contribution >= 0.6 is 85.3 Å². The second-order valence-corrected chi connectivity index (χ2v) is 11.9. The van der Waals surface area contributed by atoms with Gasteiger partial charge in [-0.25, -0.2) is 9.13 Å². The van der Waals surface area contributed by atoms with Gasteiger partial charge in [0.25, 0.3) is 0 Å². The number of phosphoric ester groups is 1. The van der Waals surface area contributed by atoms with Crippen molar-refractivity contribution in [3.05, 3.63) is 0 Å². The molecule has 0 fully saturated rings. The number of phosphoric acid groups is 2. The van der Waals surface area contributed by atoms with Crippen LogP contribution in [-0.2, 0) is 22.5 Å². The summed E-state index contributed by atoms with van der Waals surface area (Å²) in [6.45, 7) is -1.03. The highest BCUT2D eigenvalue weighted by Gasteiger charge is 2.38. The summed E-state index contributed by atoms with van der Waals surface area (Å²) < 4.78 is 32.7. The molecule has 0 aromatic heterocycles. The van der Waals surface area contributed by atoms with Crippen molar-refractivity contribution in [2.24, 2.45) is 0 Å². The Kier molecular flexibility index (Phi) is 10.5. The predicted octanol–water partition coefficient (Wildman–Crippen LogP) is 5.15. The minimum atomic E-state index is -5.16. The monoisotopic (exact) mass is 480 g/mol. The van der Waals surface area contributed by atoms with E-state index in [1.807, 2.05) is 0 Å². The number of hydrogen-bond acceptors (Lipinski definition) is 5. The molecule has 15 heteroatoms. The third-order valence-corrected chi connectivity index (χ3v) is 5.19. The molecule has 0 saturated carbocycles. The van der Waals surface area contributed by atoms with Gasteiger partial charge in [-0.05, 0) is 19.3 Å². The molecule has 2 N–H and O–H groups in total. The van der Waals surface area contributed by atoms with Crippen LogP contribution in [-0.4, -0.2) is 30.6 Å². The van der Waals surface area contributed by atoms with Gasteiger partial charge in [0.2, 0.25) is 3.79 Å². The van der Waals surface area contributed by atoms with Crippen LogP contribution in [0.15, 0.2) is 0 Å². The molecule has 0 amide bonds. The fraction of sp³-hybridized carbons (Fsp3) is 1.00. The maximum atomic E-state index is 12.0. The normalized spacial score (nSPS) is 16.5. The maximum absolute atomic E-state index is 12.0. The van der Waals surface area contributed by atoms with E-state index in [4.69, 9.17) is 83.9 Å². The van der Waals surface area contributed by atoms with Crippen molar-refractivity contribution >= 4 is 85.3 Å². The molecule has 0 radical (unpaired) electrons. The first-order chi connectivity index (χ1) is 9.62. The van der Waals surface area contributed by atoms with Gasteiger partial charge >= 0.3 is 15.6 Å². The summed E-state index contributed by atoms with van der Waals surface area (Å²) in [4.78, 5) is 17.4. The number of alkyl halides is 6. The molecular weight excluding hydrogens is 471 g/mol. The summed E-state index contributed by atoms with van der Waals surface area (Å²) in [5.74, 6) is 0. The molecule has 134 valence electrons. The van der Waals surface area contributed by atoms with Crippen molar-refractivity contribution in [1.82, 2.24) is 0 Å². The topological polar surface area (TPSA) is 102 Å². The molecule has 0 aliphatic heterocycles. The van der Waals surface area contributed by atoms with E-state index in [9.17, 15) is 9.13 Å². The average Bonchev–Trinajstić information content (AvgIpc) is 2.21. The Morgan fingerprint density at radius 1 is 0.864 bits per heavy atom. The average molecular weight is 483 g/mol. The Bertz CT molecular complexity index is 430. The Labute approximate surface area is 157 Å². The summed E-state index contributed by atoms with van der Waals surface area (Å²) in [5, 5.41) is 0. The van der Waals surface area contributed by atoms with Crippen molar-refractivity contribution in [1.29, 1.82) is 0 Å². The van der Waals surface area contributed by atoms with E-state index in [1.165, 1.54) is 0 Å². The molecule has 0 aromatic carbocycles. The van der Waals surface area contributed by atoms with Gasteiger partial charge in [-0.1, -0.05) is 69.6 Å². The highest BCUT2D eigenvalue weighted by Crippen LogP contribution is 2.61. The molecule has 22 heavy (non-hydrogen) atoms. The van der Waals surface area contributed by atoms with Crippen molar-refractivity contribution in [2.45, 2.75) is 26.8 Å². The van der Waals surface area contributed by atoms with E-state index in [0.29, 0.717) is 6.42 Å². The number of unbranched alkanes of at least 4 members (excludes halogenated alkanes) is 1. The van der Waals surface area contributed by atoms with E-state index in [0.717, 1.165) is 0 Å². The first-order valence-electron chi connectivity index (χ1n) is 5.41. The predicted molar refractivity (Wildman–Crippen MR) is 87.1 cm³/mol. The molecule has 0 spiro atoms. The van der Waals surface area contributed by atoms with Gasteiger partial charge in [0.05, 0.1) is 6.61 Å². The molecule has 1 unspecified atom stereocenters. The molecule has 0 rings (SSSR count). The summed E-state index contributed by atoms with van der Waals surface area (Å²) in [7, 11) is -9.79. The van der Waals surface area contributed by atoms with E-state index in [1.54, 1.807) is 0 Å². The van der Waals surface area contributed by atoms with E-state index >= 15 is 0 Å². The maximum Gasteiger partial charge on any atom is 0.483 e. The lowest BCUT2D eigenvalue weighted by molar-refractivity contribution is 0.139. The quantitative estimate of drug-likeness (QED) is 0.266. The highest BCUT2D eigenvalue weighted by atomic mass is 35.6. The molecule has 0 saturated heterocycles. The molecule has 0 aromatic rings. The van der Waals surface area contributed by atoms with Gasteiger partial charge in [-0.15, -0.1) is 0 Å². The van der Waals surface area contributed by atoms with E-state index in [2.05, 4.69) is 8.83 Å². The number of hydrogen-bond donors (Lipinski definition) is 2. The second-order valence-electron chi connectivity index (χ2n) is 3.81. The van der Waals surface area contributed by atoms with Crippen molar-refractivity contribution < 1.29 is 32.3 Å². The largest absolute Gasteiger partial charge is 0.483 e. The number of halogens is 6. The Balaban J connectivity index is 4.48. The Morgan fingerprint density at radius 3 is 1.82 bits per heavy atom. The smallest absolute Gasteiger partial charge is 0.302 e. The number of rotatable bonds is 9. The zero-order valence-corrected chi connectivity index (χ0v) is 17.0. The first-order valence-corrected chi connectivity index (χ1v) is 10.7. The first kappa shape index (κ1) is 24.0. The zero-order chi connectivity index (χ0) is 17.7. The minimum absolute atomic E-state index is 0.194. The van der Waals surface area contributed by atoms with Gasteiger partial charge in [0.1, 0.15) is 6.61 Å². The van der Waals surface area contributed by atoms with Gasteiger partial charge in [0, 0.05) is 0 Å². The summed E-state index contributed by atoms with van der Waals surface area (Å²) in [6.07, 6.45) is 0.816. The summed E-state index contributed by atoms with van der Waals surface area (Å²) in [6, 6.07) is 0. The fourth-order valence-corrected chi connectivity index (χ4v) is 3.96. The molecule has 7 nitrogen and oxygen atoms in total. The van der Waals surface area contributed by atoms with Crippen LogP contribution < -0.4 is 0 Å². The summed E-state index contributed by atoms with van der Waals surface area (Å²) in [5.41, 5.74) is 0. The molecular formula is C7H12Cl6O7P2. The van der Waals surface area contributed by atoms with Crippen molar-refractivity contribution in [2.75, 3.05) is 13.2 Å². The lowest BCUT2D eigenvalue weighted by Gasteiger charge is -2.20. The summed E-state index contributed by atoms with van der Waals surface area (Å²) >= 11 is 32.7. The van der Waals surface area contributed by atoms with Gasteiger partial charge in [-0.2, -0.15) is 4.31 Å². The van der Waals surface area contributed by atoms with Crippen molar-refractivity contribution in [3.8, 4) is 0 Å². The molecule has 1 atom stereocenters. The van der Waals surface area contributed by atoms with Gasteiger partial charge < -0.3 is 9.79 Å². The van der Waals surface area contributed by atoms with E-state index in [-0.39, 0.29) is 19.4 Å². The van der Waals surface area contributed by atoms with Gasteiger partial charge in [0.15, 0.2) is 3.79 Å². The zero-order valence-electron chi connectivity index (χ0n) is 10.6. The molecule has 0 heterocycles. The third-order valence-electron chi connectivity index (χ3n) is 1.70. The van der Waals surface area contributed by atoms with Gasteiger partial charge in [-0.3, -0.25) is 9.05 Å². The second kappa shape index (κ2) is 9.63. The SMILES string of the molecule is O=P(O)(O)OP(=O)(OCCCCC(Cl)(Cl)Cl)OCC(Cl)(Cl)Cl. The highest BCUT2D eigenvalue weighted by molar-refractivity contribution is 7.61. The van der Waals surface area contributed by atoms with Crippen LogP contribution in [0.25, 0.3) is 0 Å². The molecule has 0 bridgehead atoms. The van der Waals surface area contributed by atoms with Crippen molar-refractivity contribution in [3.63, 3.8) is 0 Å². The minimum Gasteiger partial charge on any atom is -0.302 e. The van der Waals surface area contributed by atoms with E-state index < -0.39 is 29.8 Å². The van der Waals surface area contributed by atoms with Crippen LogP contribution in [0.1, 0.15) is 19.3 Å². The van der Waals surface area contributed by atoms with Crippen LogP contribution in [0.3, 0.4) is 0 Å². The molecule has 0 aliphatic carbocycles. The third kappa shape index (κ3) is 15.5. The Morgan fingerprint density at radius 2 is 1.41 bits per heavy atom. The van der Waals surface area contributed by atoms with Crippen LogP contribution in [0.4, 0.5) is 0 Å². The van der Waals surface area contributed by atoms with Crippen LogP contribution in [0, 0.1) is 0 Å². The lowest BCUT2D eigenvalue weighted by Crippen LogP contribution is -2.13. The van der Waals surface area contributed by atoms with Crippen LogP contribution in [0.2, 0.25) is 0 Å². The lowest BCUT2D eigenvalue weighted by atomic mass is 10.3. The fourth-order valence-electron chi connectivity index (χ4n) is 0.971. The Hall–Kier alpha value is 2.00. The van der Waals surface area contributed by atoms with Crippen LogP contribution in [0.5, 0.6) is 0 Å². The standard InChI is InChI=1S/C7H12Cl6O7P2/c8-6(9,10)3-1-2-4-18-22(17,20-21(14,15)16)19-5-7(11,12)13/h1-5H2,(H2,14,15,16). The molecule has 0 aliphatic rings.